The lowest BCUT2D eigenvalue weighted by atomic mass is 10.00. The molecule has 2 rings (SSSR count). The molecule has 1 amide bonds. The average Bonchev–Trinajstić information content (AvgIpc) is 2.62. The molecule has 1 atom stereocenters. The van der Waals surface area contributed by atoms with Gasteiger partial charge in [0.25, 0.3) is 0 Å². The lowest BCUT2D eigenvalue weighted by Gasteiger charge is -2.31. The Hall–Kier alpha value is -1.02. The van der Waals surface area contributed by atoms with Crippen molar-refractivity contribution in [3.63, 3.8) is 0 Å². The molecule has 1 aliphatic rings. The summed E-state index contributed by atoms with van der Waals surface area (Å²) in [4.78, 5) is 18.5. The van der Waals surface area contributed by atoms with Gasteiger partial charge in [-0.1, -0.05) is 30.7 Å². The number of carbonyl (C=O) groups excluding carboxylic acids is 1. The predicted octanol–water partition coefficient (Wildman–Crippen LogP) is 3.31. The first kappa shape index (κ1) is 23.0. The third kappa shape index (κ3) is 8.12. The van der Waals surface area contributed by atoms with E-state index < -0.39 is 0 Å². The van der Waals surface area contributed by atoms with E-state index in [1.54, 1.807) is 7.05 Å². The van der Waals surface area contributed by atoms with Gasteiger partial charge in [-0.3, -0.25) is 9.79 Å². The van der Waals surface area contributed by atoms with Crippen molar-refractivity contribution >= 4 is 47.4 Å². The number of rotatable bonds is 6. The van der Waals surface area contributed by atoms with Crippen LogP contribution in [0, 0.1) is 5.92 Å². The molecule has 7 heteroatoms. The number of carbonyl (C=O) groups is 1. The van der Waals surface area contributed by atoms with Gasteiger partial charge in [0.05, 0.1) is 0 Å². The smallest absolute Gasteiger partial charge is 0.224 e. The van der Waals surface area contributed by atoms with E-state index in [-0.39, 0.29) is 29.9 Å². The summed E-state index contributed by atoms with van der Waals surface area (Å²) in [6.45, 7) is 5.39. The summed E-state index contributed by atoms with van der Waals surface area (Å²) in [7, 11) is 1.74. The molecule has 0 saturated carbocycles. The molecule has 0 aromatic heterocycles. The van der Waals surface area contributed by atoms with Crippen LogP contribution in [0.25, 0.3) is 0 Å². The predicted molar refractivity (Wildman–Crippen MR) is 120 cm³/mol. The standard InChI is InChI=1S/C19H29ClN4O.HI/c1-15-4-3-13-24(14-15)18(25)10-12-23-19(21-2)22-11-9-16-5-7-17(20)8-6-16;/h5-8,15H,3-4,9-14H2,1-2H3,(H2,21,22,23);1H. The molecular weight excluding hydrogens is 463 g/mol. The Balaban J connectivity index is 0.00000338. The zero-order valence-electron chi connectivity index (χ0n) is 15.6. The highest BCUT2D eigenvalue weighted by molar-refractivity contribution is 14.0. The summed E-state index contributed by atoms with van der Waals surface area (Å²) in [5.74, 6) is 1.58. The van der Waals surface area contributed by atoms with Crippen molar-refractivity contribution in [2.75, 3.05) is 33.2 Å². The van der Waals surface area contributed by atoms with Crippen LogP contribution in [0.1, 0.15) is 31.7 Å². The van der Waals surface area contributed by atoms with Crippen LogP contribution in [0.15, 0.2) is 29.3 Å². The van der Waals surface area contributed by atoms with Crippen LogP contribution in [0.5, 0.6) is 0 Å². The Morgan fingerprint density at radius 3 is 2.62 bits per heavy atom. The van der Waals surface area contributed by atoms with Crippen molar-refractivity contribution in [2.24, 2.45) is 10.9 Å². The number of piperidine rings is 1. The van der Waals surface area contributed by atoms with Crippen LogP contribution in [0.2, 0.25) is 5.02 Å². The van der Waals surface area contributed by atoms with Gasteiger partial charge in [-0.25, -0.2) is 0 Å². The summed E-state index contributed by atoms with van der Waals surface area (Å²) in [6.07, 6.45) is 3.74. The van der Waals surface area contributed by atoms with Gasteiger partial charge in [0.2, 0.25) is 5.91 Å². The van der Waals surface area contributed by atoms with Gasteiger partial charge >= 0.3 is 0 Å². The number of amides is 1. The number of nitrogens with one attached hydrogen (secondary N) is 2. The Bertz CT molecular complexity index is 579. The van der Waals surface area contributed by atoms with E-state index >= 15 is 0 Å². The molecule has 1 aliphatic heterocycles. The van der Waals surface area contributed by atoms with E-state index in [9.17, 15) is 4.79 Å². The first-order valence-electron chi connectivity index (χ1n) is 9.05. The molecule has 0 aliphatic carbocycles. The second-order valence-corrected chi connectivity index (χ2v) is 7.08. The largest absolute Gasteiger partial charge is 0.356 e. The number of aliphatic imine (C=N–C) groups is 1. The molecule has 0 spiro atoms. The van der Waals surface area contributed by atoms with Gasteiger partial charge in [-0.15, -0.1) is 24.0 Å². The molecule has 146 valence electrons. The van der Waals surface area contributed by atoms with Gasteiger partial charge in [-0.05, 0) is 42.9 Å². The van der Waals surface area contributed by atoms with Crippen LogP contribution >= 0.6 is 35.6 Å². The molecule has 5 nitrogen and oxygen atoms in total. The van der Waals surface area contributed by atoms with E-state index in [0.29, 0.717) is 18.9 Å². The summed E-state index contributed by atoms with van der Waals surface area (Å²) in [5, 5.41) is 7.24. The molecule has 1 unspecified atom stereocenters. The lowest BCUT2D eigenvalue weighted by molar-refractivity contribution is -0.132. The van der Waals surface area contributed by atoms with Crippen LogP contribution in [0.3, 0.4) is 0 Å². The number of likely N-dealkylation sites (tertiary alicyclic amines) is 1. The minimum Gasteiger partial charge on any atom is -0.356 e. The quantitative estimate of drug-likeness (QED) is 0.364. The fourth-order valence-electron chi connectivity index (χ4n) is 3.06. The van der Waals surface area contributed by atoms with Crippen LogP contribution in [-0.4, -0.2) is 50.0 Å². The molecule has 0 radical (unpaired) electrons. The summed E-state index contributed by atoms with van der Waals surface area (Å²) >= 11 is 5.89. The van der Waals surface area contributed by atoms with Crippen molar-refractivity contribution in [1.82, 2.24) is 15.5 Å². The second kappa shape index (κ2) is 12.4. The van der Waals surface area contributed by atoms with E-state index in [1.165, 1.54) is 12.0 Å². The topological polar surface area (TPSA) is 56.7 Å². The number of halogens is 2. The Morgan fingerprint density at radius 1 is 1.27 bits per heavy atom. The second-order valence-electron chi connectivity index (χ2n) is 6.64. The molecule has 1 fully saturated rings. The minimum atomic E-state index is 0. The van der Waals surface area contributed by atoms with Gasteiger partial charge in [0, 0.05) is 44.7 Å². The molecule has 1 heterocycles. The maximum Gasteiger partial charge on any atom is 0.224 e. The van der Waals surface area contributed by atoms with Gasteiger partial charge in [0.1, 0.15) is 0 Å². The van der Waals surface area contributed by atoms with Gasteiger partial charge < -0.3 is 15.5 Å². The van der Waals surface area contributed by atoms with Crippen LogP contribution < -0.4 is 10.6 Å². The van der Waals surface area contributed by atoms with Crippen molar-refractivity contribution in [2.45, 2.75) is 32.6 Å². The number of guanidine groups is 1. The maximum atomic E-state index is 12.3. The minimum absolute atomic E-state index is 0. The highest BCUT2D eigenvalue weighted by Crippen LogP contribution is 2.15. The van der Waals surface area contributed by atoms with E-state index in [1.807, 2.05) is 29.2 Å². The zero-order chi connectivity index (χ0) is 18.1. The van der Waals surface area contributed by atoms with Gasteiger partial charge in [0.15, 0.2) is 5.96 Å². The van der Waals surface area contributed by atoms with E-state index in [4.69, 9.17) is 11.6 Å². The van der Waals surface area contributed by atoms with E-state index in [2.05, 4.69) is 22.5 Å². The molecule has 1 saturated heterocycles. The van der Waals surface area contributed by atoms with Crippen LogP contribution in [-0.2, 0) is 11.2 Å². The number of benzene rings is 1. The first-order valence-corrected chi connectivity index (χ1v) is 9.43. The molecule has 26 heavy (non-hydrogen) atoms. The van der Waals surface area contributed by atoms with E-state index in [0.717, 1.165) is 43.5 Å². The molecule has 2 N–H and O–H groups in total. The highest BCUT2D eigenvalue weighted by atomic mass is 127. The molecule has 1 aromatic rings. The summed E-state index contributed by atoms with van der Waals surface area (Å²) in [6, 6.07) is 7.85. The lowest BCUT2D eigenvalue weighted by Crippen LogP contribution is -2.42. The normalized spacial score (nSPS) is 17.4. The number of hydrogen-bond donors (Lipinski definition) is 2. The third-order valence-corrected chi connectivity index (χ3v) is 4.74. The third-order valence-electron chi connectivity index (χ3n) is 4.48. The summed E-state index contributed by atoms with van der Waals surface area (Å²) in [5.41, 5.74) is 1.22. The fraction of sp³-hybridized carbons (Fsp3) is 0.579. The maximum absolute atomic E-state index is 12.3. The molecular formula is C19H30ClIN4O. The fourth-order valence-corrected chi connectivity index (χ4v) is 3.18. The van der Waals surface area contributed by atoms with Crippen molar-refractivity contribution < 1.29 is 4.79 Å². The molecule has 1 aromatic carbocycles. The summed E-state index contributed by atoms with van der Waals surface area (Å²) < 4.78 is 0. The van der Waals surface area contributed by atoms with Crippen molar-refractivity contribution in [3.8, 4) is 0 Å². The SMILES string of the molecule is CN=C(NCCC(=O)N1CCCC(C)C1)NCCc1ccc(Cl)cc1.I. The molecule has 0 bridgehead atoms. The Kier molecular flexibility index (Phi) is 11.0. The number of nitrogens with zero attached hydrogens (tertiary/aromatic N) is 2. The monoisotopic (exact) mass is 492 g/mol. The Morgan fingerprint density at radius 2 is 1.96 bits per heavy atom. The Labute approximate surface area is 179 Å². The highest BCUT2D eigenvalue weighted by Gasteiger charge is 2.20. The van der Waals surface area contributed by atoms with Crippen molar-refractivity contribution in [3.05, 3.63) is 34.9 Å². The first-order chi connectivity index (χ1) is 12.1. The average molecular weight is 493 g/mol. The van der Waals surface area contributed by atoms with Crippen molar-refractivity contribution in [1.29, 1.82) is 0 Å². The number of hydrogen-bond acceptors (Lipinski definition) is 2. The van der Waals surface area contributed by atoms with Gasteiger partial charge in [-0.2, -0.15) is 0 Å². The zero-order valence-corrected chi connectivity index (χ0v) is 18.7. The van der Waals surface area contributed by atoms with Crippen LogP contribution in [0.4, 0.5) is 0 Å².